The number of hydrogen-bond donors (Lipinski definition) is 10. The predicted octanol–water partition coefficient (Wildman–Crippen LogP) is -2.23. The minimum atomic E-state index is -1.42. The second-order valence-corrected chi connectivity index (χ2v) is 13.0. The van der Waals surface area contributed by atoms with Crippen molar-refractivity contribution in [3.63, 3.8) is 0 Å². The van der Waals surface area contributed by atoms with E-state index in [1.165, 1.54) is 25.6 Å². The number of carbonyl (C=O) groups is 8. The summed E-state index contributed by atoms with van der Waals surface area (Å²) in [4.78, 5) is 99.2. The number of carbonyl (C=O) groups excluding carboxylic acids is 6. The molecule has 0 heterocycles. The molecular weight excluding hydrogens is 664 g/mol. The Bertz CT molecular complexity index is 1140. The number of hydrogen-bond acceptors (Lipinski definition) is 11. The van der Waals surface area contributed by atoms with Crippen LogP contribution in [-0.4, -0.2) is 119 Å². The minimum absolute atomic E-state index is 0.109. The summed E-state index contributed by atoms with van der Waals surface area (Å²) in [6.45, 7) is 6.13. The van der Waals surface area contributed by atoms with Gasteiger partial charge >= 0.3 is 11.9 Å². The number of nitrogens with one attached hydrogen (secondary N) is 6. The van der Waals surface area contributed by atoms with Crippen LogP contribution in [0.3, 0.4) is 0 Å². The summed E-state index contributed by atoms with van der Waals surface area (Å²) in [5.74, 6) is -6.61. The summed E-state index contributed by atoms with van der Waals surface area (Å²) < 4.78 is 0. The van der Waals surface area contributed by atoms with Gasteiger partial charge in [-0.2, -0.15) is 11.8 Å². The molecule has 12 N–H and O–H groups in total. The molecule has 0 aliphatic carbocycles. The van der Waals surface area contributed by atoms with Crippen LogP contribution in [-0.2, 0) is 38.4 Å². The molecule has 18 nitrogen and oxygen atoms in total. The average Bonchev–Trinajstić information content (AvgIpc) is 3.02. The molecule has 0 aliphatic heterocycles. The lowest BCUT2D eigenvalue weighted by Crippen LogP contribution is -2.58. The van der Waals surface area contributed by atoms with Crippen LogP contribution in [0.4, 0.5) is 0 Å². The van der Waals surface area contributed by atoms with Gasteiger partial charge in [0.2, 0.25) is 35.4 Å². The molecule has 0 rings (SSSR count). The largest absolute Gasteiger partial charge is 0.481 e. The van der Waals surface area contributed by atoms with Gasteiger partial charge in [-0.15, -0.1) is 0 Å². The molecule has 0 saturated heterocycles. The number of rotatable bonds is 25. The summed E-state index contributed by atoms with van der Waals surface area (Å²) in [5.41, 5.74) is 11.3. The van der Waals surface area contributed by atoms with E-state index < -0.39 is 96.6 Å². The number of aliphatic carboxylic acids is 2. The fraction of sp³-hybridized carbons (Fsp3) is 0.733. The quantitative estimate of drug-likeness (QED) is 0.0448. The van der Waals surface area contributed by atoms with E-state index in [4.69, 9.17) is 11.5 Å². The Kier molecular flexibility index (Phi) is 22.2. The highest BCUT2D eigenvalue weighted by Gasteiger charge is 2.30. The maximum Gasteiger partial charge on any atom is 0.326 e. The van der Waals surface area contributed by atoms with Crippen molar-refractivity contribution in [2.75, 3.05) is 25.1 Å². The Morgan fingerprint density at radius 2 is 1.24 bits per heavy atom. The molecule has 0 aromatic rings. The van der Waals surface area contributed by atoms with E-state index in [0.29, 0.717) is 31.6 Å². The van der Waals surface area contributed by atoms with Crippen LogP contribution in [0.15, 0.2) is 0 Å². The zero-order valence-electron chi connectivity index (χ0n) is 28.8. The standard InChI is InChI=1S/C30H54N8O10S/c1-16(2)14-22(38-26(43)18(4)35-27(44)19(32)8-6-7-12-31)29(46)36-20(9-10-24(40)41)28(45)33-15-23(39)34-17(3)25(42)37-21(30(47)48)11-13-49-5/h16-22H,6-15,31-32H2,1-5H3,(H,33,45)(H,34,39)(H,35,44)(H,36,46)(H,37,42)(H,38,43)(H,40,41)(H,47,48). The molecular formula is C30H54N8O10S. The van der Waals surface area contributed by atoms with Crippen molar-refractivity contribution < 1.29 is 48.6 Å². The van der Waals surface area contributed by atoms with Crippen molar-refractivity contribution in [1.82, 2.24) is 31.9 Å². The van der Waals surface area contributed by atoms with E-state index >= 15 is 0 Å². The predicted molar refractivity (Wildman–Crippen MR) is 182 cm³/mol. The third kappa shape index (κ3) is 19.6. The zero-order valence-corrected chi connectivity index (χ0v) is 29.7. The van der Waals surface area contributed by atoms with E-state index in [2.05, 4.69) is 31.9 Å². The highest BCUT2D eigenvalue weighted by Crippen LogP contribution is 2.08. The molecule has 49 heavy (non-hydrogen) atoms. The first-order valence-electron chi connectivity index (χ1n) is 16.1. The summed E-state index contributed by atoms with van der Waals surface area (Å²) in [5, 5.41) is 33.0. The van der Waals surface area contributed by atoms with Crippen molar-refractivity contribution in [2.24, 2.45) is 17.4 Å². The summed E-state index contributed by atoms with van der Waals surface area (Å²) in [6, 6.07) is -6.80. The van der Waals surface area contributed by atoms with Gasteiger partial charge in [0.15, 0.2) is 0 Å². The highest BCUT2D eigenvalue weighted by atomic mass is 32.2. The fourth-order valence-electron chi connectivity index (χ4n) is 4.27. The fourth-order valence-corrected chi connectivity index (χ4v) is 4.74. The molecule has 0 radical (unpaired) electrons. The van der Waals surface area contributed by atoms with E-state index in [0.717, 1.165) is 0 Å². The van der Waals surface area contributed by atoms with Crippen LogP contribution in [0.2, 0.25) is 0 Å². The number of unbranched alkanes of at least 4 members (excludes halogenated alkanes) is 1. The normalized spacial score (nSPS) is 14.6. The second-order valence-electron chi connectivity index (χ2n) is 12.0. The number of amides is 6. The first kappa shape index (κ1) is 45.0. The number of thioether (sulfide) groups is 1. The molecule has 280 valence electrons. The molecule has 6 amide bonds. The second kappa shape index (κ2) is 24.2. The summed E-state index contributed by atoms with van der Waals surface area (Å²) >= 11 is 1.40. The van der Waals surface area contributed by atoms with Crippen molar-refractivity contribution in [3.8, 4) is 0 Å². The van der Waals surface area contributed by atoms with Gasteiger partial charge in [0.05, 0.1) is 12.6 Å². The Morgan fingerprint density at radius 3 is 1.78 bits per heavy atom. The smallest absolute Gasteiger partial charge is 0.326 e. The van der Waals surface area contributed by atoms with Gasteiger partial charge in [0, 0.05) is 6.42 Å². The van der Waals surface area contributed by atoms with Crippen LogP contribution in [0.25, 0.3) is 0 Å². The van der Waals surface area contributed by atoms with Gasteiger partial charge in [-0.3, -0.25) is 33.6 Å². The monoisotopic (exact) mass is 718 g/mol. The van der Waals surface area contributed by atoms with Crippen LogP contribution < -0.4 is 43.4 Å². The Hall–Kier alpha value is -3.97. The molecule has 0 fully saturated rings. The third-order valence-corrected chi connectivity index (χ3v) is 7.74. The summed E-state index contributed by atoms with van der Waals surface area (Å²) in [6.07, 6.45) is 2.92. The molecule has 0 aromatic heterocycles. The Labute approximate surface area is 290 Å². The zero-order chi connectivity index (χ0) is 37.7. The van der Waals surface area contributed by atoms with Gasteiger partial charge in [0.25, 0.3) is 0 Å². The van der Waals surface area contributed by atoms with Gasteiger partial charge in [-0.1, -0.05) is 20.3 Å². The Morgan fingerprint density at radius 1 is 0.673 bits per heavy atom. The lowest BCUT2D eigenvalue weighted by molar-refractivity contribution is -0.142. The van der Waals surface area contributed by atoms with Crippen molar-refractivity contribution >= 4 is 59.1 Å². The molecule has 0 aliphatic rings. The SMILES string of the molecule is CSCCC(NC(=O)C(C)NC(=O)CNC(=O)C(CCC(=O)O)NC(=O)C(CC(C)C)NC(=O)C(C)NC(=O)C(N)CCCCN)C(=O)O. The molecule has 19 heteroatoms. The number of carboxylic acids is 2. The maximum atomic E-state index is 13.3. The van der Waals surface area contributed by atoms with E-state index in [1.807, 2.05) is 0 Å². The van der Waals surface area contributed by atoms with Crippen molar-refractivity contribution in [3.05, 3.63) is 0 Å². The van der Waals surface area contributed by atoms with Gasteiger partial charge < -0.3 is 53.6 Å². The third-order valence-electron chi connectivity index (χ3n) is 7.10. The molecule has 0 bridgehead atoms. The first-order chi connectivity index (χ1) is 22.9. The lowest BCUT2D eigenvalue weighted by Gasteiger charge is -2.25. The summed E-state index contributed by atoms with van der Waals surface area (Å²) in [7, 11) is 0. The van der Waals surface area contributed by atoms with Crippen molar-refractivity contribution in [2.45, 2.75) is 109 Å². The number of carboxylic acid groups (broad SMARTS) is 2. The van der Waals surface area contributed by atoms with E-state index in [-0.39, 0.29) is 25.2 Å². The maximum absolute atomic E-state index is 13.3. The van der Waals surface area contributed by atoms with Crippen LogP contribution in [0.1, 0.15) is 72.6 Å². The average molecular weight is 719 g/mol. The molecule has 6 unspecified atom stereocenters. The first-order valence-corrected chi connectivity index (χ1v) is 17.5. The van der Waals surface area contributed by atoms with Crippen LogP contribution in [0.5, 0.6) is 0 Å². The molecule has 0 spiro atoms. The highest BCUT2D eigenvalue weighted by molar-refractivity contribution is 7.98. The number of nitrogens with two attached hydrogens (primary N) is 2. The van der Waals surface area contributed by atoms with Gasteiger partial charge in [-0.25, -0.2) is 4.79 Å². The minimum Gasteiger partial charge on any atom is -0.481 e. The van der Waals surface area contributed by atoms with Gasteiger partial charge in [-0.05, 0) is 70.4 Å². The van der Waals surface area contributed by atoms with Crippen LogP contribution >= 0.6 is 11.8 Å². The topological polar surface area (TPSA) is 301 Å². The lowest BCUT2D eigenvalue weighted by atomic mass is 10.0. The molecule has 0 aromatic carbocycles. The van der Waals surface area contributed by atoms with Gasteiger partial charge in [0.1, 0.15) is 30.2 Å². The Balaban J connectivity index is 5.43. The van der Waals surface area contributed by atoms with Crippen molar-refractivity contribution in [1.29, 1.82) is 0 Å². The molecule has 6 atom stereocenters. The van der Waals surface area contributed by atoms with E-state index in [9.17, 15) is 48.6 Å². The van der Waals surface area contributed by atoms with Crippen LogP contribution in [0, 0.1) is 5.92 Å². The van der Waals surface area contributed by atoms with E-state index in [1.54, 1.807) is 20.1 Å². The molecule has 0 saturated carbocycles.